The molecule has 0 aliphatic rings. The number of aldehydes is 2. The fourth-order valence-corrected chi connectivity index (χ4v) is 0.347. The van der Waals surface area contributed by atoms with Gasteiger partial charge in [0.2, 0.25) is 0 Å². The van der Waals surface area contributed by atoms with Crippen LogP contribution in [0.15, 0.2) is 36.5 Å². The lowest BCUT2D eigenvalue weighted by atomic mass is 10.4. The number of hydrogen-bond donors (Lipinski definition) is 0. The van der Waals surface area contributed by atoms with Crippen molar-refractivity contribution in [2.24, 2.45) is 0 Å². The fraction of sp³-hybridized carbons (Fsp3) is 0. The van der Waals surface area contributed by atoms with E-state index in [0.717, 1.165) is 0 Å². The van der Waals surface area contributed by atoms with Crippen molar-refractivity contribution in [3.8, 4) is 0 Å². The molecule has 52 valence electrons. The van der Waals surface area contributed by atoms with E-state index in [-0.39, 0.29) is 0 Å². The molecule has 0 saturated carbocycles. The van der Waals surface area contributed by atoms with Gasteiger partial charge in [-0.1, -0.05) is 24.3 Å². The van der Waals surface area contributed by atoms with Crippen molar-refractivity contribution in [1.82, 2.24) is 0 Å². The molecular formula is C8H8O2. The van der Waals surface area contributed by atoms with E-state index in [1.54, 1.807) is 24.3 Å². The van der Waals surface area contributed by atoms with Crippen molar-refractivity contribution in [3.05, 3.63) is 36.5 Å². The molecule has 10 heavy (non-hydrogen) atoms. The molecule has 0 aromatic carbocycles. The molecule has 0 bridgehead atoms. The monoisotopic (exact) mass is 136 g/mol. The van der Waals surface area contributed by atoms with Crippen molar-refractivity contribution in [2.45, 2.75) is 0 Å². The second kappa shape index (κ2) is 7.56. The molecule has 0 unspecified atom stereocenters. The first-order valence-corrected chi connectivity index (χ1v) is 2.80. The molecule has 0 aliphatic heterocycles. The molecule has 0 fully saturated rings. The van der Waals surface area contributed by atoms with Gasteiger partial charge >= 0.3 is 0 Å². The van der Waals surface area contributed by atoms with Crippen LogP contribution in [0.3, 0.4) is 0 Å². The van der Waals surface area contributed by atoms with Crippen LogP contribution in [0, 0.1) is 0 Å². The molecule has 0 spiro atoms. The minimum atomic E-state index is 0.688. The number of allylic oxidation sites excluding steroid dienone is 6. The predicted molar refractivity (Wildman–Crippen MR) is 39.5 cm³/mol. The van der Waals surface area contributed by atoms with Crippen LogP contribution in [-0.4, -0.2) is 12.6 Å². The van der Waals surface area contributed by atoms with E-state index >= 15 is 0 Å². The molecule has 0 radical (unpaired) electrons. The third kappa shape index (κ3) is 6.56. The van der Waals surface area contributed by atoms with Crippen molar-refractivity contribution >= 4 is 12.6 Å². The molecule has 0 rings (SSSR count). The summed E-state index contributed by atoms with van der Waals surface area (Å²) in [6.07, 6.45) is 10.6. The SMILES string of the molecule is O=C/C=C/C=C/C=C/C=O. The lowest BCUT2D eigenvalue weighted by Crippen LogP contribution is -1.57. The van der Waals surface area contributed by atoms with Crippen molar-refractivity contribution in [1.29, 1.82) is 0 Å². The van der Waals surface area contributed by atoms with Crippen LogP contribution in [-0.2, 0) is 9.59 Å². The Hall–Kier alpha value is -1.44. The standard InChI is InChI=1S/C8H8O2/c9-7-5-3-1-2-4-6-8-10/h1-8H/b2-1+,5-3+,6-4+. The Labute approximate surface area is 59.5 Å². The highest BCUT2D eigenvalue weighted by molar-refractivity contribution is 5.66. The summed E-state index contributed by atoms with van der Waals surface area (Å²) in [6, 6.07) is 0. The van der Waals surface area contributed by atoms with Gasteiger partial charge in [-0.15, -0.1) is 0 Å². The average Bonchev–Trinajstić information content (AvgIpc) is 1.97. The fourth-order valence-electron chi connectivity index (χ4n) is 0.347. The summed E-state index contributed by atoms with van der Waals surface area (Å²) in [5, 5.41) is 0. The zero-order chi connectivity index (χ0) is 7.66. The summed E-state index contributed by atoms with van der Waals surface area (Å²) < 4.78 is 0. The van der Waals surface area contributed by atoms with Gasteiger partial charge in [-0.05, 0) is 12.2 Å². The first kappa shape index (κ1) is 8.56. The molecule has 0 N–H and O–H groups in total. The van der Waals surface area contributed by atoms with Crippen LogP contribution in [0.25, 0.3) is 0 Å². The second-order valence-corrected chi connectivity index (χ2v) is 1.43. The van der Waals surface area contributed by atoms with Crippen LogP contribution < -0.4 is 0 Å². The Morgan fingerprint density at radius 1 is 0.500 bits per heavy atom. The lowest BCUT2D eigenvalue weighted by molar-refractivity contribution is -0.104. The maximum Gasteiger partial charge on any atom is 0.142 e. The predicted octanol–water partition coefficient (Wildman–Crippen LogP) is 1.05. The quantitative estimate of drug-likeness (QED) is 0.329. The Morgan fingerprint density at radius 2 is 0.800 bits per heavy atom. The first-order chi connectivity index (χ1) is 4.91. The normalized spacial score (nSPS) is 11.6. The van der Waals surface area contributed by atoms with Crippen LogP contribution >= 0.6 is 0 Å². The van der Waals surface area contributed by atoms with E-state index in [4.69, 9.17) is 0 Å². The Bertz CT molecular complexity index is 156. The van der Waals surface area contributed by atoms with Crippen molar-refractivity contribution in [2.75, 3.05) is 0 Å². The summed E-state index contributed by atoms with van der Waals surface area (Å²) in [5.41, 5.74) is 0. The van der Waals surface area contributed by atoms with Gasteiger partial charge in [-0.3, -0.25) is 9.59 Å². The zero-order valence-corrected chi connectivity index (χ0v) is 5.44. The Morgan fingerprint density at radius 3 is 1.10 bits per heavy atom. The van der Waals surface area contributed by atoms with Crippen molar-refractivity contribution < 1.29 is 9.59 Å². The summed E-state index contributed by atoms with van der Waals surface area (Å²) in [7, 11) is 0. The summed E-state index contributed by atoms with van der Waals surface area (Å²) in [4.78, 5) is 19.4. The third-order valence-corrected chi connectivity index (χ3v) is 0.713. The van der Waals surface area contributed by atoms with Gasteiger partial charge in [-0.25, -0.2) is 0 Å². The smallest absolute Gasteiger partial charge is 0.142 e. The molecule has 0 heterocycles. The van der Waals surface area contributed by atoms with Gasteiger partial charge in [0.25, 0.3) is 0 Å². The lowest BCUT2D eigenvalue weighted by Gasteiger charge is -1.68. The molecule has 0 aliphatic carbocycles. The summed E-state index contributed by atoms with van der Waals surface area (Å²) in [5.74, 6) is 0. The zero-order valence-electron chi connectivity index (χ0n) is 5.44. The minimum Gasteiger partial charge on any atom is -0.299 e. The number of rotatable bonds is 4. The molecule has 0 aromatic heterocycles. The van der Waals surface area contributed by atoms with E-state index in [0.29, 0.717) is 12.6 Å². The largest absolute Gasteiger partial charge is 0.299 e. The van der Waals surface area contributed by atoms with E-state index in [1.807, 2.05) is 0 Å². The van der Waals surface area contributed by atoms with Crippen molar-refractivity contribution in [3.63, 3.8) is 0 Å². The maximum atomic E-state index is 9.70. The number of hydrogen-bond acceptors (Lipinski definition) is 2. The van der Waals surface area contributed by atoms with Gasteiger partial charge < -0.3 is 0 Å². The minimum absolute atomic E-state index is 0.688. The van der Waals surface area contributed by atoms with Crippen LogP contribution in [0.2, 0.25) is 0 Å². The molecule has 0 atom stereocenters. The topological polar surface area (TPSA) is 34.1 Å². The average molecular weight is 136 g/mol. The Kier molecular flexibility index (Phi) is 6.47. The number of carbonyl (C=O) groups is 2. The van der Waals surface area contributed by atoms with E-state index in [9.17, 15) is 9.59 Å². The molecular weight excluding hydrogens is 128 g/mol. The first-order valence-electron chi connectivity index (χ1n) is 2.80. The van der Waals surface area contributed by atoms with Gasteiger partial charge in [-0.2, -0.15) is 0 Å². The van der Waals surface area contributed by atoms with Crippen LogP contribution in [0.1, 0.15) is 0 Å². The van der Waals surface area contributed by atoms with Crippen LogP contribution in [0.4, 0.5) is 0 Å². The third-order valence-electron chi connectivity index (χ3n) is 0.713. The highest BCUT2D eigenvalue weighted by Crippen LogP contribution is 1.76. The Balaban J connectivity index is 3.55. The van der Waals surface area contributed by atoms with Gasteiger partial charge in [0.05, 0.1) is 0 Å². The maximum absolute atomic E-state index is 9.70. The van der Waals surface area contributed by atoms with Gasteiger partial charge in [0.1, 0.15) is 12.6 Å². The highest BCUT2D eigenvalue weighted by Gasteiger charge is 1.61. The summed E-state index contributed by atoms with van der Waals surface area (Å²) >= 11 is 0. The number of carbonyl (C=O) groups excluding carboxylic acids is 2. The van der Waals surface area contributed by atoms with E-state index < -0.39 is 0 Å². The summed E-state index contributed by atoms with van der Waals surface area (Å²) in [6.45, 7) is 0. The molecule has 0 saturated heterocycles. The molecule has 0 amide bonds. The van der Waals surface area contributed by atoms with E-state index in [2.05, 4.69) is 0 Å². The molecule has 0 aromatic rings. The van der Waals surface area contributed by atoms with Crippen LogP contribution in [0.5, 0.6) is 0 Å². The van der Waals surface area contributed by atoms with Gasteiger partial charge in [0.15, 0.2) is 0 Å². The molecule has 2 heteroatoms. The van der Waals surface area contributed by atoms with E-state index in [1.165, 1.54) is 12.2 Å². The van der Waals surface area contributed by atoms with Gasteiger partial charge in [0, 0.05) is 0 Å². The molecule has 2 nitrogen and oxygen atoms in total. The second-order valence-electron chi connectivity index (χ2n) is 1.43. The highest BCUT2D eigenvalue weighted by atomic mass is 16.1.